The van der Waals surface area contributed by atoms with Crippen LogP contribution in [-0.2, 0) is 13.9 Å². The van der Waals surface area contributed by atoms with Gasteiger partial charge in [-0.25, -0.2) is 9.36 Å². The summed E-state index contributed by atoms with van der Waals surface area (Å²) in [5.41, 5.74) is 0. The van der Waals surface area contributed by atoms with Crippen molar-refractivity contribution in [3.05, 3.63) is 0 Å². The molecule has 2 radical (unpaired) electrons. The second kappa shape index (κ2) is 6.28. The van der Waals surface area contributed by atoms with Crippen LogP contribution < -0.4 is 0 Å². The topological polar surface area (TPSA) is 124 Å². The van der Waals surface area contributed by atoms with Gasteiger partial charge in [0.2, 0.25) is 0 Å². The molecule has 0 saturated carbocycles. The van der Waals surface area contributed by atoms with Gasteiger partial charge in [0.1, 0.15) is 0 Å². The van der Waals surface area contributed by atoms with Crippen molar-refractivity contribution in [2.75, 3.05) is 6.61 Å². The van der Waals surface area contributed by atoms with Gasteiger partial charge in [-0.3, -0.25) is 4.52 Å². The van der Waals surface area contributed by atoms with Crippen molar-refractivity contribution in [2.24, 2.45) is 0 Å². The van der Waals surface area contributed by atoms with Crippen molar-refractivity contribution in [1.29, 1.82) is 0 Å². The van der Waals surface area contributed by atoms with Gasteiger partial charge in [0.05, 0.1) is 6.61 Å². The van der Waals surface area contributed by atoms with Crippen LogP contribution in [0.3, 0.4) is 0 Å². The molecule has 4 N–H and O–H groups in total. The largest absolute Gasteiger partial charge is 0.479 e. The van der Waals surface area contributed by atoms with E-state index in [9.17, 15) is 9.36 Å². The average Bonchev–Trinajstić information content (AvgIpc) is 1.80. The van der Waals surface area contributed by atoms with Crippen LogP contribution in [0.2, 0.25) is 0 Å². The van der Waals surface area contributed by atoms with Crippen molar-refractivity contribution in [3.63, 3.8) is 0 Å². The number of hydrogen-bond donors (Lipinski definition) is 4. The van der Waals surface area contributed by atoms with E-state index in [0.717, 1.165) is 0 Å². The quantitative estimate of drug-likeness (QED) is 0.328. The Hall–Kier alpha value is 0.800. The third-order valence-corrected chi connectivity index (χ3v) is 1.17. The first-order valence-electron chi connectivity index (χ1n) is 2.44. The third-order valence-electron chi connectivity index (χ3n) is 0.686. The van der Waals surface area contributed by atoms with E-state index in [-0.39, 0.29) is 37.7 Å². The molecule has 0 unspecified atom stereocenters. The van der Waals surface area contributed by atoms with Crippen LogP contribution in [0.4, 0.5) is 0 Å². The predicted octanol–water partition coefficient (Wildman–Crippen LogP) is -1.84. The molecule has 68 valence electrons. The molecule has 12 heavy (non-hydrogen) atoms. The molecule has 0 fully saturated rings. The smallest absolute Gasteiger partial charge is 0.469 e. The van der Waals surface area contributed by atoms with Gasteiger partial charge >= 0.3 is 13.8 Å². The van der Waals surface area contributed by atoms with E-state index in [1.165, 1.54) is 0 Å². The van der Waals surface area contributed by atoms with Crippen LogP contribution >= 0.6 is 7.82 Å². The zero-order valence-electron chi connectivity index (χ0n) is 5.95. The first-order valence-corrected chi connectivity index (χ1v) is 3.97. The van der Waals surface area contributed by atoms with Crippen LogP contribution in [0.5, 0.6) is 0 Å². The molecule has 0 rings (SSSR count). The average molecular weight is 226 g/mol. The zero-order chi connectivity index (χ0) is 9.07. The standard InChI is InChI=1S/C3H7O7P.Ca/c4-2(3(5)6)1-10-11(7,8)9;/h2,4H,1H2,(H,5,6)(H2,7,8,9);/t2-;/m1./s1. The SMILES string of the molecule is O=C(O)[C@H](O)COP(=O)(O)O.[Ca]. The summed E-state index contributed by atoms with van der Waals surface area (Å²) in [6, 6.07) is 0. The molecular formula is C3H7CaO7P. The van der Waals surface area contributed by atoms with Crippen LogP contribution in [0.25, 0.3) is 0 Å². The zero-order valence-corrected chi connectivity index (χ0v) is 9.06. The number of aliphatic hydroxyl groups is 1. The Morgan fingerprint density at radius 2 is 1.92 bits per heavy atom. The molecule has 0 aromatic rings. The Morgan fingerprint density at radius 1 is 1.50 bits per heavy atom. The van der Waals surface area contributed by atoms with E-state index in [1.54, 1.807) is 0 Å². The van der Waals surface area contributed by atoms with Crippen molar-refractivity contribution >= 4 is 51.5 Å². The Labute approximate surface area is 97.6 Å². The fraction of sp³-hybridized carbons (Fsp3) is 0.667. The second-order valence-electron chi connectivity index (χ2n) is 1.64. The van der Waals surface area contributed by atoms with Crippen molar-refractivity contribution < 1.29 is 33.9 Å². The predicted molar refractivity (Wildman–Crippen MR) is 37.4 cm³/mol. The molecule has 0 aliphatic carbocycles. The molecule has 0 aliphatic rings. The van der Waals surface area contributed by atoms with E-state index in [4.69, 9.17) is 20.0 Å². The van der Waals surface area contributed by atoms with Crippen LogP contribution in [-0.4, -0.2) is 76.4 Å². The molecule has 1 atom stereocenters. The molecule has 0 heterocycles. The molecule has 0 amide bonds. The Morgan fingerprint density at radius 3 is 2.17 bits per heavy atom. The number of rotatable bonds is 4. The Kier molecular flexibility index (Phi) is 8.00. The van der Waals surface area contributed by atoms with Gasteiger partial charge in [-0.05, 0) is 0 Å². The van der Waals surface area contributed by atoms with Gasteiger partial charge in [0.15, 0.2) is 6.10 Å². The van der Waals surface area contributed by atoms with Crippen molar-refractivity contribution in [2.45, 2.75) is 6.10 Å². The molecule has 0 spiro atoms. The van der Waals surface area contributed by atoms with Crippen molar-refractivity contribution in [3.8, 4) is 0 Å². The molecule has 0 saturated heterocycles. The van der Waals surface area contributed by atoms with Crippen LogP contribution in [0, 0.1) is 0 Å². The fourth-order valence-electron chi connectivity index (χ4n) is 0.239. The number of hydrogen-bond acceptors (Lipinski definition) is 4. The van der Waals surface area contributed by atoms with E-state index < -0.39 is 26.5 Å². The van der Waals surface area contributed by atoms with E-state index in [2.05, 4.69) is 4.52 Å². The minimum absolute atomic E-state index is 0. The first-order chi connectivity index (χ1) is 4.83. The maximum absolute atomic E-state index is 9.93. The number of aliphatic carboxylic acids is 1. The molecule has 7 nitrogen and oxygen atoms in total. The van der Waals surface area contributed by atoms with Gasteiger partial charge in [0.25, 0.3) is 0 Å². The maximum atomic E-state index is 9.93. The molecule has 9 heteroatoms. The summed E-state index contributed by atoms with van der Waals surface area (Å²) < 4.78 is 13.6. The van der Waals surface area contributed by atoms with Gasteiger partial charge < -0.3 is 20.0 Å². The van der Waals surface area contributed by atoms with Crippen LogP contribution in [0.1, 0.15) is 0 Å². The number of phosphoric acid groups is 1. The second-order valence-corrected chi connectivity index (χ2v) is 2.88. The number of phosphoric ester groups is 1. The summed E-state index contributed by atoms with van der Waals surface area (Å²) in [5.74, 6) is -1.60. The first kappa shape index (κ1) is 15.3. The van der Waals surface area contributed by atoms with Crippen LogP contribution in [0.15, 0.2) is 0 Å². The monoisotopic (exact) mass is 226 g/mol. The summed E-state index contributed by atoms with van der Waals surface area (Å²) in [6.07, 6.45) is -1.91. The van der Waals surface area contributed by atoms with Gasteiger partial charge in [-0.2, -0.15) is 0 Å². The third kappa shape index (κ3) is 8.89. The number of carbonyl (C=O) groups is 1. The van der Waals surface area contributed by atoms with Gasteiger partial charge in [0, 0.05) is 37.7 Å². The minimum Gasteiger partial charge on any atom is -0.479 e. The molecule has 0 aromatic heterocycles. The number of carboxylic acid groups (broad SMARTS) is 1. The Bertz CT molecular complexity index is 187. The van der Waals surface area contributed by atoms with Gasteiger partial charge in [-0.15, -0.1) is 0 Å². The van der Waals surface area contributed by atoms with Crippen molar-refractivity contribution in [1.82, 2.24) is 0 Å². The normalized spacial score (nSPS) is 13.2. The summed E-state index contributed by atoms with van der Waals surface area (Å²) >= 11 is 0. The molecular weight excluding hydrogens is 219 g/mol. The van der Waals surface area contributed by atoms with E-state index in [1.807, 2.05) is 0 Å². The summed E-state index contributed by atoms with van der Waals surface area (Å²) in [7, 11) is -4.68. The number of carboxylic acids is 1. The molecule has 0 aliphatic heterocycles. The summed E-state index contributed by atoms with van der Waals surface area (Å²) in [5, 5.41) is 16.4. The molecule has 0 bridgehead atoms. The minimum atomic E-state index is -4.68. The van der Waals surface area contributed by atoms with Gasteiger partial charge in [-0.1, -0.05) is 0 Å². The Balaban J connectivity index is 0. The summed E-state index contributed by atoms with van der Waals surface area (Å²) in [6.45, 7) is -0.931. The van der Waals surface area contributed by atoms with E-state index in [0.29, 0.717) is 0 Å². The fourth-order valence-corrected chi connectivity index (χ4v) is 0.574. The summed E-state index contributed by atoms with van der Waals surface area (Å²) in [4.78, 5) is 25.9. The maximum Gasteiger partial charge on any atom is 0.469 e. The number of aliphatic hydroxyl groups excluding tert-OH is 1. The molecule has 0 aromatic carbocycles. The van der Waals surface area contributed by atoms with E-state index >= 15 is 0 Å².